The van der Waals surface area contributed by atoms with Crippen LogP contribution < -0.4 is 4.90 Å². The van der Waals surface area contributed by atoms with Crippen LogP contribution in [0.5, 0.6) is 0 Å². The summed E-state index contributed by atoms with van der Waals surface area (Å²) in [5, 5.41) is 0. The topological polar surface area (TPSA) is 71.0 Å². The van der Waals surface area contributed by atoms with Crippen LogP contribution in [0.25, 0.3) is 0 Å². The molecule has 1 aliphatic heterocycles. The molecular formula is C17H29N5O3. The third kappa shape index (κ3) is 5.35. The molecule has 0 aliphatic carbocycles. The fraction of sp³-hybridized carbons (Fsp3) is 0.706. The number of morpholine rings is 1. The summed E-state index contributed by atoms with van der Waals surface area (Å²) in [6, 6.07) is 0. The first-order valence-electron chi connectivity index (χ1n) is 8.39. The standard InChI is InChI=1S/C17H29N5O3/c1-20(2)15(23)8-17(13-24-5)12-22(6-7-25-17)11-14-9-18-16(19-10-14)21(3)4/h9-10H,6-8,11-13H2,1-5H3/t17-/m0/s1. The van der Waals surface area contributed by atoms with E-state index in [-0.39, 0.29) is 5.91 Å². The number of aromatic nitrogens is 2. The summed E-state index contributed by atoms with van der Waals surface area (Å²) in [7, 11) is 8.98. The molecule has 0 radical (unpaired) electrons. The minimum Gasteiger partial charge on any atom is -0.382 e. The van der Waals surface area contributed by atoms with Gasteiger partial charge in [0.2, 0.25) is 11.9 Å². The largest absolute Gasteiger partial charge is 0.382 e. The zero-order valence-corrected chi connectivity index (χ0v) is 15.9. The first kappa shape index (κ1) is 19.6. The van der Waals surface area contributed by atoms with Crippen molar-refractivity contribution in [2.24, 2.45) is 0 Å². The Hall–Kier alpha value is -1.77. The van der Waals surface area contributed by atoms with E-state index in [1.807, 2.05) is 31.4 Å². The molecule has 1 aromatic heterocycles. The van der Waals surface area contributed by atoms with Crippen LogP contribution in [-0.2, 0) is 20.8 Å². The Labute approximate surface area is 149 Å². The van der Waals surface area contributed by atoms with Crippen LogP contribution in [0.3, 0.4) is 0 Å². The fourth-order valence-electron chi connectivity index (χ4n) is 2.92. The van der Waals surface area contributed by atoms with Gasteiger partial charge in [0.05, 0.1) is 19.6 Å². The second kappa shape index (κ2) is 8.55. The van der Waals surface area contributed by atoms with Crippen molar-refractivity contribution >= 4 is 11.9 Å². The number of nitrogens with zero attached hydrogens (tertiary/aromatic N) is 5. The highest BCUT2D eigenvalue weighted by molar-refractivity contribution is 5.76. The molecule has 1 fully saturated rings. The van der Waals surface area contributed by atoms with Gasteiger partial charge < -0.3 is 19.3 Å². The Kier molecular flexibility index (Phi) is 6.69. The fourth-order valence-corrected chi connectivity index (χ4v) is 2.92. The molecule has 0 unspecified atom stereocenters. The van der Waals surface area contributed by atoms with Gasteiger partial charge in [0, 0.05) is 72.9 Å². The Balaban J connectivity index is 2.05. The van der Waals surface area contributed by atoms with Crippen LogP contribution in [0.2, 0.25) is 0 Å². The summed E-state index contributed by atoms with van der Waals surface area (Å²) >= 11 is 0. The highest BCUT2D eigenvalue weighted by atomic mass is 16.5. The number of anilines is 1. The molecular weight excluding hydrogens is 322 g/mol. The highest BCUT2D eigenvalue weighted by Crippen LogP contribution is 2.24. The van der Waals surface area contributed by atoms with Crippen molar-refractivity contribution in [3.05, 3.63) is 18.0 Å². The Morgan fingerprint density at radius 1 is 1.32 bits per heavy atom. The van der Waals surface area contributed by atoms with Gasteiger partial charge in [0.1, 0.15) is 5.60 Å². The van der Waals surface area contributed by atoms with Gasteiger partial charge in [0.25, 0.3) is 0 Å². The minimum atomic E-state index is -0.612. The number of ether oxygens (including phenoxy) is 2. The summed E-state index contributed by atoms with van der Waals surface area (Å²) in [4.78, 5) is 26.6. The summed E-state index contributed by atoms with van der Waals surface area (Å²) in [6.07, 6.45) is 4.00. The van der Waals surface area contributed by atoms with E-state index in [9.17, 15) is 4.79 Å². The molecule has 2 heterocycles. The van der Waals surface area contributed by atoms with Crippen LogP contribution in [0.4, 0.5) is 5.95 Å². The lowest BCUT2D eigenvalue weighted by atomic mass is 9.97. The minimum absolute atomic E-state index is 0.0394. The molecule has 8 nitrogen and oxygen atoms in total. The highest BCUT2D eigenvalue weighted by Gasteiger charge is 2.39. The Bertz CT molecular complexity index is 560. The summed E-state index contributed by atoms with van der Waals surface area (Å²) in [6.45, 7) is 3.12. The molecule has 1 saturated heterocycles. The van der Waals surface area contributed by atoms with E-state index in [1.165, 1.54) is 0 Å². The average Bonchev–Trinajstić information content (AvgIpc) is 2.55. The lowest BCUT2D eigenvalue weighted by Gasteiger charge is -2.42. The number of amides is 1. The van der Waals surface area contributed by atoms with E-state index >= 15 is 0 Å². The molecule has 8 heteroatoms. The summed E-state index contributed by atoms with van der Waals surface area (Å²) in [5.74, 6) is 0.730. The molecule has 2 rings (SSSR count). The van der Waals surface area contributed by atoms with Gasteiger partial charge in [-0.05, 0) is 0 Å². The second-order valence-electron chi connectivity index (χ2n) is 6.93. The molecule has 1 amide bonds. The molecule has 0 bridgehead atoms. The van der Waals surface area contributed by atoms with Crippen molar-refractivity contribution in [2.45, 2.75) is 18.6 Å². The summed E-state index contributed by atoms with van der Waals surface area (Å²) in [5.41, 5.74) is 0.427. The SMILES string of the molecule is COC[C@]1(CC(=O)N(C)C)CN(Cc2cnc(N(C)C)nc2)CCO1. The normalized spacial score (nSPS) is 21.2. The molecule has 1 aliphatic rings. The maximum absolute atomic E-state index is 12.2. The third-order valence-electron chi connectivity index (χ3n) is 4.20. The lowest BCUT2D eigenvalue weighted by Crippen LogP contribution is -2.55. The van der Waals surface area contributed by atoms with Gasteiger partial charge >= 0.3 is 0 Å². The van der Waals surface area contributed by atoms with Gasteiger partial charge in [-0.2, -0.15) is 0 Å². The number of carbonyl (C=O) groups excluding carboxylic acids is 1. The van der Waals surface area contributed by atoms with Crippen molar-refractivity contribution in [1.29, 1.82) is 0 Å². The first-order valence-corrected chi connectivity index (χ1v) is 8.39. The van der Waals surface area contributed by atoms with E-state index in [0.717, 1.165) is 18.7 Å². The zero-order valence-electron chi connectivity index (χ0n) is 15.9. The molecule has 0 saturated carbocycles. The smallest absolute Gasteiger partial charge is 0.225 e. The van der Waals surface area contributed by atoms with Crippen LogP contribution in [0.1, 0.15) is 12.0 Å². The van der Waals surface area contributed by atoms with Gasteiger partial charge in [-0.25, -0.2) is 9.97 Å². The van der Waals surface area contributed by atoms with Gasteiger partial charge in [-0.1, -0.05) is 0 Å². The number of hydrogen-bond donors (Lipinski definition) is 0. The molecule has 0 N–H and O–H groups in total. The number of rotatable bonds is 7. The molecule has 1 aromatic rings. The van der Waals surface area contributed by atoms with Gasteiger partial charge in [-0.15, -0.1) is 0 Å². The molecule has 0 aromatic carbocycles. The van der Waals surface area contributed by atoms with E-state index in [1.54, 1.807) is 26.1 Å². The number of methoxy groups -OCH3 is 1. The van der Waals surface area contributed by atoms with E-state index < -0.39 is 5.60 Å². The van der Waals surface area contributed by atoms with Crippen molar-refractivity contribution in [3.8, 4) is 0 Å². The molecule has 0 spiro atoms. The lowest BCUT2D eigenvalue weighted by molar-refractivity contribution is -0.160. The molecule has 1 atom stereocenters. The van der Waals surface area contributed by atoms with Crippen molar-refractivity contribution in [1.82, 2.24) is 19.8 Å². The van der Waals surface area contributed by atoms with Crippen LogP contribution in [0, 0.1) is 0 Å². The van der Waals surface area contributed by atoms with E-state index in [0.29, 0.717) is 32.1 Å². The van der Waals surface area contributed by atoms with Crippen molar-refractivity contribution in [3.63, 3.8) is 0 Å². The van der Waals surface area contributed by atoms with E-state index in [4.69, 9.17) is 9.47 Å². The van der Waals surface area contributed by atoms with Crippen molar-refractivity contribution < 1.29 is 14.3 Å². The van der Waals surface area contributed by atoms with Crippen LogP contribution in [0.15, 0.2) is 12.4 Å². The Morgan fingerprint density at radius 2 is 2.00 bits per heavy atom. The van der Waals surface area contributed by atoms with Crippen LogP contribution >= 0.6 is 0 Å². The van der Waals surface area contributed by atoms with Gasteiger partial charge in [-0.3, -0.25) is 9.69 Å². The number of carbonyl (C=O) groups is 1. The maximum Gasteiger partial charge on any atom is 0.225 e. The number of hydrogen-bond acceptors (Lipinski definition) is 7. The Morgan fingerprint density at radius 3 is 2.56 bits per heavy atom. The van der Waals surface area contributed by atoms with E-state index in [2.05, 4.69) is 14.9 Å². The predicted molar refractivity (Wildman–Crippen MR) is 95.5 cm³/mol. The second-order valence-corrected chi connectivity index (χ2v) is 6.93. The predicted octanol–water partition coefficient (Wildman–Crippen LogP) is 0.238. The van der Waals surface area contributed by atoms with Crippen LogP contribution in [-0.4, -0.2) is 92.9 Å². The quantitative estimate of drug-likeness (QED) is 0.697. The average molecular weight is 351 g/mol. The van der Waals surface area contributed by atoms with Gasteiger partial charge in [0.15, 0.2) is 0 Å². The maximum atomic E-state index is 12.2. The third-order valence-corrected chi connectivity index (χ3v) is 4.20. The molecule has 140 valence electrons. The monoisotopic (exact) mass is 351 g/mol. The van der Waals surface area contributed by atoms with Crippen molar-refractivity contribution in [2.75, 3.05) is 66.5 Å². The zero-order chi connectivity index (χ0) is 18.4. The molecule has 25 heavy (non-hydrogen) atoms. The summed E-state index contributed by atoms with van der Waals surface area (Å²) < 4.78 is 11.3. The first-order chi connectivity index (χ1) is 11.8.